The molecule has 108 valence electrons. The molecule has 5 heteroatoms. The molecule has 4 N–H and O–H groups in total. The lowest BCUT2D eigenvalue weighted by Gasteiger charge is -2.31. The number of hydrogen-bond donors (Lipinski definition) is 3. The van der Waals surface area contributed by atoms with Crippen LogP contribution in [-0.2, 0) is 17.8 Å². The van der Waals surface area contributed by atoms with Crippen molar-refractivity contribution in [1.29, 1.82) is 0 Å². The number of amides is 1. The van der Waals surface area contributed by atoms with E-state index in [4.69, 9.17) is 5.73 Å². The molecule has 0 aromatic heterocycles. The quantitative estimate of drug-likeness (QED) is 0.692. The monoisotopic (exact) mass is 276 g/mol. The van der Waals surface area contributed by atoms with Crippen molar-refractivity contribution in [1.82, 2.24) is 4.90 Å². The zero-order valence-corrected chi connectivity index (χ0v) is 11.3. The van der Waals surface area contributed by atoms with Crippen LogP contribution in [0.3, 0.4) is 0 Å². The maximum Gasteiger partial charge on any atom is 0.226 e. The van der Waals surface area contributed by atoms with E-state index in [2.05, 4.69) is 0 Å². The second-order valence-electron chi connectivity index (χ2n) is 5.86. The van der Waals surface area contributed by atoms with E-state index in [0.717, 1.165) is 12.0 Å². The van der Waals surface area contributed by atoms with Crippen LogP contribution in [-0.4, -0.2) is 39.7 Å². The normalized spacial score (nSPS) is 29.3. The van der Waals surface area contributed by atoms with Crippen LogP contribution < -0.4 is 5.73 Å². The van der Waals surface area contributed by atoms with Gasteiger partial charge in [-0.05, 0) is 42.5 Å². The Morgan fingerprint density at radius 2 is 2.10 bits per heavy atom. The number of rotatable bonds is 1. The Morgan fingerprint density at radius 3 is 2.80 bits per heavy atom. The van der Waals surface area contributed by atoms with Gasteiger partial charge in [-0.15, -0.1) is 0 Å². The Balaban J connectivity index is 1.72. The molecule has 1 aromatic rings. The average Bonchev–Trinajstić information content (AvgIpc) is 2.77. The fourth-order valence-corrected chi connectivity index (χ4v) is 3.24. The number of fused-ring (bicyclic) bond motifs is 1. The Labute approximate surface area is 118 Å². The first-order chi connectivity index (χ1) is 9.54. The fourth-order valence-electron chi connectivity index (χ4n) is 3.24. The number of phenols is 1. The molecule has 1 aromatic carbocycles. The van der Waals surface area contributed by atoms with Crippen molar-refractivity contribution >= 4 is 5.91 Å². The highest BCUT2D eigenvalue weighted by Gasteiger charge is 2.37. The molecule has 0 unspecified atom stereocenters. The molecule has 1 amide bonds. The van der Waals surface area contributed by atoms with Crippen LogP contribution in [0, 0.1) is 5.92 Å². The molecular formula is C15H20N2O3. The summed E-state index contributed by atoms with van der Waals surface area (Å²) in [7, 11) is 0. The van der Waals surface area contributed by atoms with Crippen molar-refractivity contribution in [3.63, 3.8) is 0 Å². The van der Waals surface area contributed by atoms with Crippen LogP contribution in [0.25, 0.3) is 0 Å². The van der Waals surface area contributed by atoms with E-state index in [-0.39, 0.29) is 23.6 Å². The molecule has 0 radical (unpaired) electrons. The molecule has 3 rings (SSSR count). The minimum Gasteiger partial charge on any atom is -0.508 e. The summed E-state index contributed by atoms with van der Waals surface area (Å²) >= 11 is 0. The predicted molar refractivity (Wildman–Crippen MR) is 73.9 cm³/mol. The van der Waals surface area contributed by atoms with Gasteiger partial charge in [0, 0.05) is 25.0 Å². The summed E-state index contributed by atoms with van der Waals surface area (Å²) in [6.07, 6.45) is 1.26. The van der Waals surface area contributed by atoms with Crippen molar-refractivity contribution in [2.75, 3.05) is 6.54 Å². The molecular weight excluding hydrogens is 256 g/mol. The van der Waals surface area contributed by atoms with Crippen LogP contribution in [0.15, 0.2) is 18.2 Å². The van der Waals surface area contributed by atoms with E-state index in [1.165, 1.54) is 5.56 Å². The Bertz CT molecular complexity index is 522. The SMILES string of the molecule is N[C@@H]1C[C@H](C(=O)N2CCc3ccc(O)cc3C2)C[C@H]1O. The van der Waals surface area contributed by atoms with Gasteiger partial charge >= 0.3 is 0 Å². The molecule has 1 saturated carbocycles. The number of carbonyl (C=O) groups is 1. The van der Waals surface area contributed by atoms with Gasteiger partial charge in [0.25, 0.3) is 0 Å². The van der Waals surface area contributed by atoms with Gasteiger partial charge in [-0.1, -0.05) is 6.07 Å². The summed E-state index contributed by atoms with van der Waals surface area (Å²) in [5, 5.41) is 19.2. The van der Waals surface area contributed by atoms with Crippen LogP contribution in [0.1, 0.15) is 24.0 Å². The van der Waals surface area contributed by atoms with E-state index in [1.54, 1.807) is 12.1 Å². The second-order valence-corrected chi connectivity index (χ2v) is 5.86. The smallest absolute Gasteiger partial charge is 0.226 e. The first-order valence-electron chi connectivity index (χ1n) is 7.08. The van der Waals surface area contributed by atoms with Crippen molar-refractivity contribution in [2.45, 2.75) is 38.0 Å². The van der Waals surface area contributed by atoms with Crippen LogP contribution >= 0.6 is 0 Å². The molecule has 1 fully saturated rings. The lowest BCUT2D eigenvalue weighted by molar-refractivity contribution is -0.136. The summed E-state index contributed by atoms with van der Waals surface area (Å²) in [6.45, 7) is 1.23. The van der Waals surface area contributed by atoms with Gasteiger partial charge in [0.15, 0.2) is 0 Å². The van der Waals surface area contributed by atoms with E-state index in [0.29, 0.717) is 25.9 Å². The second kappa shape index (κ2) is 5.07. The number of phenolic OH excluding ortho intramolecular Hbond substituents is 1. The third kappa shape index (κ3) is 2.39. The van der Waals surface area contributed by atoms with E-state index < -0.39 is 6.10 Å². The number of benzene rings is 1. The molecule has 5 nitrogen and oxygen atoms in total. The Hall–Kier alpha value is -1.59. The minimum absolute atomic E-state index is 0.0750. The maximum absolute atomic E-state index is 12.5. The highest BCUT2D eigenvalue weighted by Crippen LogP contribution is 2.29. The van der Waals surface area contributed by atoms with Gasteiger partial charge in [-0.2, -0.15) is 0 Å². The van der Waals surface area contributed by atoms with Gasteiger partial charge in [-0.3, -0.25) is 4.79 Å². The van der Waals surface area contributed by atoms with Crippen LogP contribution in [0.2, 0.25) is 0 Å². The van der Waals surface area contributed by atoms with E-state index in [1.807, 2.05) is 11.0 Å². The molecule has 20 heavy (non-hydrogen) atoms. The van der Waals surface area contributed by atoms with Gasteiger partial charge < -0.3 is 20.8 Å². The van der Waals surface area contributed by atoms with Gasteiger partial charge in [0.1, 0.15) is 5.75 Å². The highest BCUT2D eigenvalue weighted by molar-refractivity contribution is 5.79. The lowest BCUT2D eigenvalue weighted by Crippen LogP contribution is -2.39. The molecule has 0 bridgehead atoms. The van der Waals surface area contributed by atoms with E-state index >= 15 is 0 Å². The summed E-state index contributed by atoms with van der Waals surface area (Å²) in [4.78, 5) is 14.3. The maximum atomic E-state index is 12.5. The number of carbonyl (C=O) groups excluding carboxylic acids is 1. The molecule has 1 aliphatic carbocycles. The van der Waals surface area contributed by atoms with Crippen molar-refractivity contribution in [3.05, 3.63) is 29.3 Å². The molecule has 1 heterocycles. The van der Waals surface area contributed by atoms with Gasteiger partial charge in [0.05, 0.1) is 6.10 Å². The zero-order chi connectivity index (χ0) is 14.3. The van der Waals surface area contributed by atoms with Crippen LogP contribution in [0.4, 0.5) is 0 Å². The van der Waals surface area contributed by atoms with Crippen molar-refractivity contribution in [2.24, 2.45) is 11.7 Å². The fraction of sp³-hybridized carbons (Fsp3) is 0.533. The number of hydrogen-bond acceptors (Lipinski definition) is 4. The summed E-state index contributed by atoms with van der Waals surface area (Å²) in [5.41, 5.74) is 7.98. The molecule has 0 spiro atoms. The molecule has 0 saturated heterocycles. The van der Waals surface area contributed by atoms with Gasteiger partial charge in [-0.25, -0.2) is 0 Å². The van der Waals surface area contributed by atoms with Crippen LogP contribution in [0.5, 0.6) is 5.75 Å². The number of nitrogens with zero attached hydrogens (tertiary/aromatic N) is 1. The zero-order valence-electron chi connectivity index (χ0n) is 11.3. The summed E-state index contributed by atoms with van der Waals surface area (Å²) in [6, 6.07) is 5.04. The number of aromatic hydroxyl groups is 1. The first kappa shape index (κ1) is 13.4. The molecule has 2 aliphatic rings. The Kier molecular flexibility index (Phi) is 3.40. The lowest BCUT2D eigenvalue weighted by atomic mass is 9.97. The van der Waals surface area contributed by atoms with Crippen molar-refractivity contribution < 1.29 is 15.0 Å². The molecule has 3 atom stereocenters. The third-order valence-corrected chi connectivity index (χ3v) is 4.44. The average molecular weight is 276 g/mol. The Morgan fingerprint density at radius 1 is 1.30 bits per heavy atom. The molecule has 1 aliphatic heterocycles. The largest absolute Gasteiger partial charge is 0.508 e. The summed E-state index contributed by atoms with van der Waals surface area (Å²) in [5.74, 6) is 0.140. The minimum atomic E-state index is -0.565. The third-order valence-electron chi connectivity index (χ3n) is 4.44. The predicted octanol–water partition coefficient (Wildman–Crippen LogP) is 0.375. The first-order valence-corrected chi connectivity index (χ1v) is 7.08. The van der Waals surface area contributed by atoms with Gasteiger partial charge in [0.2, 0.25) is 5.91 Å². The summed E-state index contributed by atoms with van der Waals surface area (Å²) < 4.78 is 0. The number of nitrogens with two attached hydrogens (primary N) is 1. The van der Waals surface area contributed by atoms with E-state index in [9.17, 15) is 15.0 Å². The number of aliphatic hydroxyl groups is 1. The standard InChI is InChI=1S/C15H20N2O3/c16-13-6-10(7-14(13)19)15(20)17-4-3-9-1-2-12(18)5-11(9)8-17/h1-2,5,10,13-14,18-19H,3-4,6-8,16H2/t10-,13+,14+/m0/s1. The van der Waals surface area contributed by atoms with Crippen molar-refractivity contribution in [3.8, 4) is 5.75 Å². The topological polar surface area (TPSA) is 86.8 Å². The highest BCUT2D eigenvalue weighted by atomic mass is 16.3. The number of aliphatic hydroxyl groups excluding tert-OH is 1.